The van der Waals surface area contributed by atoms with Crippen LogP contribution < -0.4 is 4.73 Å². The average Bonchev–Trinajstić information content (AvgIpc) is 2.38. The Hall–Kier alpha value is -2.62. The van der Waals surface area contributed by atoms with Crippen LogP contribution in [0.5, 0.6) is 5.75 Å². The number of pyridine rings is 1. The van der Waals surface area contributed by atoms with Gasteiger partial charge in [0.15, 0.2) is 18.2 Å². The summed E-state index contributed by atoms with van der Waals surface area (Å²) in [5.74, 6) is 0.00482. The van der Waals surface area contributed by atoms with E-state index in [0.29, 0.717) is 10.3 Å². The predicted molar refractivity (Wildman–Crippen MR) is 66.9 cm³/mol. The molecule has 1 aromatic carbocycles. The molecule has 0 amide bonds. The average molecular weight is 241 g/mol. The van der Waals surface area contributed by atoms with Crippen LogP contribution in [0.25, 0.3) is 6.08 Å². The van der Waals surface area contributed by atoms with Gasteiger partial charge in [-0.15, -0.1) is 0 Å². The van der Waals surface area contributed by atoms with Crippen LogP contribution in [-0.2, 0) is 0 Å². The summed E-state index contributed by atoms with van der Waals surface area (Å²) in [4.78, 5) is 11.7. The molecular formula is C14H11NO3. The number of aromatic hydroxyl groups is 1. The zero-order chi connectivity index (χ0) is 13.0. The molecule has 0 fully saturated rings. The lowest BCUT2D eigenvalue weighted by molar-refractivity contribution is -0.605. The Labute approximate surface area is 104 Å². The third-order valence-electron chi connectivity index (χ3n) is 2.41. The fourth-order valence-electron chi connectivity index (χ4n) is 1.43. The molecule has 0 atom stereocenters. The normalized spacial score (nSPS) is 10.7. The van der Waals surface area contributed by atoms with E-state index in [0.717, 1.165) is 5.56 Å². The molecule has 0 aliphatic heterocycles. The van der Waals surface area contributed by atoms with E-state index in [-0.39, 0.29) is 11.5 Å². The van der Waals surface area contributed by atoms with Gasteiger partial charge in [-0.05, 0) is 23.8 Å². The highest BCUT2D eigenvalue weighted by molar-refractivity contribution is 6.06. The molecule has 0 saturated heterocycles. The van der Waals surface area contributed by atoms with E-state index in [1.165, 1.54) is 30.6 Å². The van der Waals surface area contributed by atoms with E-state index in [2.05, 4.69) is 0 Å². The molecule has 4 heteroatoms. The summed E-state index contributed by atoms with van der Waals surface area (Å²) in [6.45, 7) is 0. The first kappa shape index (κ1) is 11.9. The fraction of sp³-hybridized carbons (Fsp3) is 0. The lowest BCUT2D eigenvalue weighted by Crippen LogP contribution is -2.24. The number of phenolic OH excluding ortho intramolecular Hbond substituents is 1. The van der Waals surface area contributed by atoms with Crippen molar-refractivity contribution in [3.05, 3.63) is 71.2 Å². The van der Waals surface area contributed by atoms with Crippen LogP contribution in [0.1, 0.15) is 15.9 Å². The standard InChI is InChI=1S/C14H11NO3/c16-13-4-1-11(2-5-13)3-6-14(17)12-7-9-15(18)10-8-12/h1-10,16H/b6-3-. The van der Waals surface area contributed by atoms with Crippen LogP contribution >= 0.6 is 0 Å². The summed E-state index contributed by atoms with van der Waals surface area (Å²) in [7, 11) is 0. The SMILES string of the molecule is O=C(/C=C\c1ccc(O)cc1)c1cc[n+]([O-])cc1. The topological polar surface area (TPSA) is 64.2 Å². The fourth-order valence-corrected chi connectivity index (χ4v) is 1.43. The van der Waals surface area contributed by atoms with Gasteiger partial charge in [-0.3, -0.25) is 4.79 Å². The summed E-state index contributed by atoms with van der Waals surface area (Å²) in [6.07, 6.45) is 5.64. The zero-order valence-corrected chi connectivity index (χ0v) is 9.48. The third-order valence-corrected chi connectivity index (χ3v) is 2.41. The van der Waals surface area contributed by atoms with Crippen molar-refractivity contribution >= 4 is 11.9 Å². The van der Waals surface area contributed by atoms with Gasteiger partial charge in [0.2, 0.25) is 0 Å². The number of hydrogen-bond donors (Lipinski definition) is 1. The maximum absolute atomic E-state index is 11.7. The lowest BCUT2D eigenvalue weighted by Gasteiger charge is -1.97. The number of benzene rings is 1. The molecule has 0 saturated carbocycles. The van der Waals surface area contributed by atoms with Gasteiger partial charge < -0.3 is 10.3 Å². The number of ketones is 1. The minimum atomic E-state index is -0.177. The first-order valence-corrected chi connectivity index (χ1v) is 5.35. The number of rotatable bonds is 3. The molecular weight excluding hydrogens is 230 g/mol. The number of phenols is 1. The van der Waals surface area contributed by atoms with E-state index < -0.39 is 0 Å². The second-order valence-corrected chi connectivity index (χ2v) is 3.74. The Kier molecular flexibility index (Phi) is 3.38. The first-order valence-electron chi connectivity index (χ1n) is 5.35. The Bertz CT molecular complexity index is 571. The van der Waals surface area contributed by atoms with Gasteiger partial charge in [0, 0.05) is 17.7 Å². The van der Waals surface area contributed by atoms with Crippen LogP contribution in [0.2, 0.25) is 0 Å². The maximum atomic E-state index is 11.7. The minimum absolute atomic E-state index is 0.177. The number of nitrogens with zero attached hydrogens (tertiary/aromatic N) is 1. The summed E-state index contributed by atoms with van der Waals surface area (Å²) in [6, 6.07) is 9.44. The molecule has 0 aliphatic carbocycles. The monoisotopic (exact) mass is 241 g/mol. The molecule has 2 rings (SSSR count). The van der Waals surface area contributed by atoms with E-state index in [1.54, 1.807) is 30.3 Å². The van der Waals surface area contributed by atoms with Crippen molar-refractivity contribution in [2.45, 2.75) is 0 Å². The minimum Gasteiger partial charge on any atom is -0.619 e. The van der Waals surface area contributed by atoms with Crippen LogP contribution in [0.3, 0.4) is 0 Å². The van der Waals surface area contributed by atoms with Crippen LogP contribution in [0.15, 0.2) is 54.9 Å². The van der Waals surface area contributed by atoms with Gasteiger partial charge >= 0.3 is 0 Å². The van der Waals surface area contributed by atoms with E-state index in [1.807, 2.05) is 0 Å². The van der Waals surface area contributed by atoms with E-state index >= 15 is 0 Å². The summed E-state index contributed by atoms with van der Waals surface area (Å²) >= 11 is 0. The van der Waals surface area contributed by atoms with Crippen LogP contribution in [0, 0.1) is 5.21 Å². The number of carbonyl (C=O) groups is 1. The highest BCUT2D eigenvalue weighted by Gasteiger charge is 2.02. The Balaban J connectivity index is 2.11. The second kappa shape index (κ2) is 5.14. The van der Waals surface area contributed by atoms with Gasteiger partial charge in [-0.1, -0.05) is 18.2 Å². The molecule has 1 N–H and O–H groups in total. The Morgan fingerprint density at radius 1 is 1.11 bits per heavy atom. The van der Waals surface area contributed by atoms with E-state index in [9.17, 15) is 10.0 Å². The van der Waals surface area contributed by atoms with Crippen molar-refractivity contribution in [1.29, 1.82) is 0 Å². The zero-order valence-electron chi connectivity index (χ0n) is 9.48. The van der Waals surface area contributed by atoms with Gasteiger partial charge in [-0.25, -0.2) is 0 Å². The number of aromatic nitrogens is 1. The summed E-state index contributed by atoms with van der Waals surface area (Å²) in [5, 5.41) is 19.9. The maximum Gasteiger partial charge on any atom is 0.186 e. The highest BCUT2D eigenvalue weighted by Crippen LogP contribution is 2.11. The summed E-state index contributed by atoms with van der Waals surface area (Å²) < 4.78 is 0.625. The predicted octanol–water partition coefficient (Wildman–Crippen LogP) is 1.92. The number of hydrogen-bond acceptors (Lipinski definition) is 3. The molecule has 0 radical (unpaired) electrons. The Morgan fingerprint density at radius 3 is 2.33 bits per heavy atom. The molecule has 18 heavy (non-hydrogen) atoms. The van der Waals surface area contributed by atoms with Gasteiger partial charge in [0.05, 0.1) is 0 Å². The van der Waals surface area contributed by atoms with Gasteiger partial charge in [0.1, 0.15) is 5.75 Å². The second-order valence-electron chi connectivity index (χ2n) is 3.74. The highest BCUT2D eigenvalue weighted by atomic mass is 16.5. The molecule has 1 heterocycles. The number of allylic oxidation sites excluding steroid dienone is 1. The molecule has 4 nitrogen and oxygen atoms in total. The van der Waals surface area contributed by atoms with Crippen LogP contribution in [-0.4, -0.2) is 10.9 Å². The first-order chi connectivity index (χ1) is 8.65. The van der Waals surface area contributed by atoms with Crippen molar-refractivity contribution in [1.82, 2.24) is 0 Å². The van der Waals surface area contributed by atoms with Crippen LogP contribution in [0.4, 0.5) is 0 Å². The molecule has 0 bridgehead atoms. The molecule has 2 aromatic rings. The summed E-state index contributed by atoms with van der Waals surface area (Å²) in [5.41, 5.74) is 1.27. The van der Waals surface area contributed by atoms with Crippen molar-refractivity contribution in [2.24, 2.45) is 0 Å². The van der Waals surface area contributed by atoms with E-state index in [4.69, 9.17) is 5.11 Å². The van der Waals surface area contributed by atoms with Gasteiger partial charge in [-0.2, -0.15) is 4.73 Å². The van der Waals surface area contributed by atoms with Gasteiger partial charge in [0.25, 0.3) is 0 Å². The smallest absolute Gasteiger partial charge is 0.186 e. The van der Waals surface area contributed by atoms with Crippen molar-refractivity contribution in [3.8, 4) is 5.75 Å². The molecule has 1 aromatic heterocycles. The Morgan fingerprint density at radius 2 is 1.72 bits per heavy atom. The van der Waals surface area contributed by atoms with Crippen molar-refractivity contribution in [3.63, 3.8) is 0 Å². The third kappa shape index (κ3) is 2.95. The van der Waals surface area contributed by atoms with Crippen molar-refractivity contribution < 1.29 is 14.6 Å². The number of carbonyl (C=O) groups excluding carboxylic acids is 1. The lowest BCUT2D eigenvalue weighted by atomic mass is 10.1. The molecule has 90 valence electrons. The van der Waals surface area contributed by atoms with Crippen molar-refractivity contribution in [2.75, 3.05) is 0 Å². The quantitative estimate of drug-likeness (QED) is 0.386. The molecule has 0 unspecified atom stereocenters. The molecule has 0 aliphatic rings. The molecule has 0 spiro atoms. The largest absolute Gasteiger partial charge is 0.619 e.